The van der Waals surface area contributed by atoms with Crippen LogP contribution in [0.4, 0.5) is 0 Å². The molecule has 0 amide bonds. The van der Waals surface area contributed by atoms with E-state index in [1.165, 1.54) is 25.0 Å². The Morgan fingerprint density at radius 1 is 1.44 bits per heavy atom. The molecule has 0 aromatic heterocycles. The van der Waals surface area contributed by atoms with Gasteiger partial charge in [-0.05, 0) is 19.3 Å². The first kappa shape index (κ1) is 6.05. The summed E-state index contributed by atoms with van der Waals surface area (Å²) in [6.07, 6.45) is 4.61. The molecule has 2 bridgehead atoms. The Labute approximate surface area is 60.2 Å². The van der Waals surface area contributed by atoms with Crippen LogP contribution in [0, 0.1) is 0 Å². The lowest BCUT2D eigenvalue weighted by molar-refractivity contribution is 0.0787. The number of ether oxygens (including phenoxy) is 1. The molecule has 52 valence electrons. The Balaban J connectivity index is 1.99. The Morgan fingerprint density at radius 3 is 3.44 bits per heavy atom. The Morgan fingerprint density at radius 2 is 2.44 bits per heavy atom. The van der Waals surface area contributed by atoms with E-state index in [0.29, 0.717) is 6.10 Å². The summed E-state index contributed by atoms with van der Waals surface area (Å²) in [5.41, 5.74) is 0. The first-order valence-electron chi connectivity index (χ1n) is 3.68. The number of hydrogen-bond donors (Lipinski definition) is 0. The lowest BCUT2D eigenvalue weighted by Crippen LogP contribution is -2.10. The molecule has 2 aliphatic rings. The second kappa shape index (κ2) is 2.51. The molecule has 0 radical (unpaired) electrons. The van der Waals surface area contributed by atoms with E-state index in [4.69, 9.17) is 4.74 Å². The molecule has 0 aromatic carbocycles. The van der Waals surface area contributed by atoms with Gasteiger partial charge >= 0.3 is 0 Å². The molecular weight excluding hydrogens is 132 g/mol. The van der Waals surface area contributed by atoms with Crippen LogP contribution >= 0.6 is 11.8 Å². The summed E-state index contributed by atoms with van der Waals surface area (Å²) in [5, 5.41) is 0.942. The third kappa shape index (κ3) is 1.24. The maximum atomic E-state index is 5.57. The van der Waals surface area contributed by atoms with Crippen LogP contribution in [0.3, 0.4) is 0 Å². The van der Waals surface area contributed by atoms with Gasteiger partial charge in [-0.3, -0.25) is 0 Å². The second-order valence-electron chi connectivity index (χ2n) is 2.83. The van der Waals surface area contributed by atoms with Crippen molar-refractivity contribution >= 4 is 11.8 Å². The quantitative estimate of drug-likeness (QED) is 0.511. The highest BCUT2D eigenvalue weighted by Crippen LogP contribution is 2.34. The SMILES string of the molecule is C1COC2CSC(C1)C2. The number of rotatable bonds is 0. The lowest BCUT2D eigenvalue weighted by Gasteiger charge is -2.07. The van der Waals surface area contributed by atoms with E-state index in [0.717, 1.165) is 11.9 Å². The van der Waals surface area contributed by atoms with Crippen molar-refractivity contribution in [2.24, 2.45) is 0 Å². The molecule has 0 N–H and O–H groups in total. The second-order valence-corrected chi connectivity index (χ2v) is 4.16. The molecule has 0 spiro atoms. The van der Waals surface area contributed by atoms with Gasteiger partial charge in [0.05, 0.1) is 6.10 Å². The summed E-state index contributed by atoms with van der Waals surface area (Å²) >= 11 is 2.10. The highest BCUT2D eigenvalue weighted by molar-refractivity contribution is 8.00. The standard InChI is InChI=1S/C7H12OS/c1-2-7-4-6(5-9-7)8-3-1/h6-7H,1-5H2. The van der Waals surface area contributed by atoms with Gasteiger partial charge < -0.3 is 4.74 Å². The maximum Gasteiger partial charge on any atom is 0.0676 e. The van der Waals surface area contributed by atoms with Crippen molar-refractivity contribution in [3.05, 3.63) is 0 Å². The predicted octanol–water partition coefficient (Wildman–Crippen LogP) is 1.67. The van der Waals surface area contributed by atoms with Crippen LogP contribution < -0.4 is 0 Å². The molecule has 9 heavy (non-hydrogen) atoms. The smallest absolute Gasteiger partial charge is 0.0676 e. The lowest BCUT2D eigenvalue weighted by atomic mass is 10.2. The summed E-state index contributed by atoms with van der Waals surface area (Å²) in [5.74, 6) is 1.25. The number of hydrogen-bond acceptors (Lipinski definition) is 2. The normalized spacial score (nSPS) is 42.7. The highest BCUT2D eigenvalue weighted by Gasteiger charge is 2.27. The van der Waals surface area contributed by atoms with Crippen LogP contribution in [0.5, 0.6) is 0 Å². The zero-order valence-electron chi connectivity index (χ0n) is 5.51. The fourth-order valence-corrected chi connectivity index (χ4v) is 2.95. The minimum atomic E-state index is 0.613. The first-order valence-corrected chi connectivity index (χ1v) is 4.73. The molecule has 1 nitrogen and oxygen atoms in total. The van der Waals surface area contributed by atoms with E-state index in [2.05, 4.69) is 11.8 Å². The molecule has 2 atom stereocenters. The van der Waals surface area contributed by atoms with Gasteiger partial charge in [0, 0.05) is 17.6 Å². The van der Waals surface area contributed by atoms with Crippen LogP contribution in [0.15, 0.2) is 0 Å². The Hall–Kier alpha value is 0.310. The Bertz CT molecular complexity index is 93.1. The van der Waals surface area contributed by atoms with E-state index in [-0.39, 0.29) is 0 Å². The molecule has 2 aliphatic heterocycles. The van der Waals surface area contributed by atoms with Gasteiger partial charge in [0.25, 0.3) is 0 Å². The van der Waals surface area contributed by atoms with Gasteiger partial charge in [-0.15, -0.1) is 0 Å². The summed E-state index contributed by atoms with van der Waals surface area (Å²) in [6, 6.07) is 0. The van der Waals surface area contributed by atoms with Crippen LogP contribution in [0.25, 0.3) is 0 Å². The van der Waals surface area contributed by atoms with E-state index >= 15 is 0 Å². The molecule has 2 heterocycles. The van der Waals surface area contributed by atoms with Crippen molar-refractivity contribution < 1.29 is 4.74 Å². The third-order valence-corrected chi connectivity index (χ3v) is 3.53. The zero-order chi connectivity index (χ0) is 6.10. The summed E-state index contributed by atoms with van der Waals surface area (Å²) < 4.78 is 5.57. The summed E-state index contributed by atoms with van der Waals surface area (Å²) in [7, 11) is 0. The van der Waals surface area contributed by atoms with E-state index in [1.807, 2.05) is 0 Å². The van der Waals surface area contributed by atoms with Gasteiger partial charge in [0.15, 0.2) is 0 Å². The van der Waals surface area contributed by atoms with E-state index < -0.39 is 0 Å². The van der Waals surface area contributed by atoms with Gasteiger partial charge in [-0.25, -0.2) is 0 Å². The highest BCUT2D eigenvalue weighted by atomic mass is 32.2. The van der Waals surface area contributed by atoms with E-state index in [1.54, 1.807) is 0 Å². The number of thioether (sulfide) groups is 1. The summed E-state index contributed by atoms with van der Waals surface area (Å²) in [4.78, 5) is 0. The average molecular weight is 144 g/mol. The van der Waals surface area contributed by atoms with Crippen molar-refractivity contribution in [2.45, 2.75) is 30.6 Å². The zero-order valence-corrected chi connectivity index (χ0v) is 6.32. The predicted molar refractivity (Wildman–Crippen MR) is 39.8 cm³/mol. The molecular formula is C7H12OS. The van der Waals surface area contributed by atoms with Crippen molar-refractivity contribution in [1.29, 1.82) is 0 Å². The van der Waals surface area contributed by atoms with Crippen LogP contribution in [-0.4, -0.2) is 23.7 Å². The van der Waals surface area contributed by atoms with Crippen molar-refractivity contribution in [3.63, 3.8) is 0 Å². The topological polar surface area (TPSA) is 9.23 Å². The van der Waals surface area contributed by atoms with Crippen LogP contribution in [0.2, 0.25) is 0 Å². The third-order valence-electron chi connectivity index (χ3n) is 2.07. The molecule has 0 saturated carbocycles. The molecule has 2 fully saturated rings. The molecule has 2 unspecified atom stereocenters. The Kier molecular flexibility index (Phi) is 1.68. The summed E-state index contributed by atoms with van der Waals surface area (Å²) in [6.45, 7) is 1.02. The van der Waals surface area contributed by atoms with Gasteiger partial charge in [0.1, 0.15) is 0 Å². The van der Waals surface area contributed by atoms with Crippen molar-refractivity contribution in [2.75, 3.05) is 12.4 Å². The molecule has 0 aliphatic carbocycles. The fraction of sp³-hybridized carbons (Fsp3) is 1.00. The maximum absolute atomic E-state index is 5.57. The molecule has 2 rings (SSSR count). The largest absolute Gasteiger partial charge is 0.377 e. The number of fused-ring (bicyclic) bond motifs is 2. The van der Waals surface area contributed by atoms with Gasteiger partial charge in [0.2, 0.25) is 0 Å². The fourth-order valence-electron chi connectivity index (χ4n) is 1.55. The minimum absolute atomic E-state index is 0.613. The van der Waals surface area contributed by atoms with E-state index in [9.17, 15) is 0 Å². The van der Waals surface area contributed by atoms with Crippen LogP contribution in [0.1, 0.15) is 19.3 Å². The van der Waals surface area contributed by atoms with Crippen molar-refractivity contribution in [3.8, 4) is 0 Å². The first-order chi connectivity index (χ1) is 4.45. The van der Waals surface area contributed by atoms with Gasteiger partial charge in [-0.1, -0.05) is 0 Å². The monoisotopic (exact) mass is 144 g/mol. The minimum Gasteiger partial charge on any atom is -0.377 e. The average Bonchev–Trinajstić information content (AvgIpc) is 2.09. The molecule has 2 heteroatoms. The molecule has 2 saturated heterocycles. The molecule has 0 aromatic rings. The van der Waals surface area contributed by atoms with Crippen LogP contribution in [-0.2, 0) is 4.74 Å². The van der Waals surface area contributed by atoms with Gasteiger partial charge in [-0.2, -0.15) is 11.8 Å². The van der Waals surface area contributed by atoms with Crippen molar-refractivity contribution in [1.82, 2.24) is 0 Å².